The zero-order chi connectivity index (χ0) is 16.1. The number of aryl methyl sites for hydroxylation is 1. The first-order chi connectivity index (χ1) is 10.6. The van der Waals surface area contributed by atoms with Crippen molar-refractivity contribution in [2.45, 2.75) is 27.4 Å². The van der Waals surface area contributed by atoms with Crippen molar-refractivity contribution in [3.05, 3.63) is 57.5 Å². The van der Waals surface area contributed by atoms with Gasteiger partial charge in [0.15, 0.2) is 0 Å². The van der Waals surface area contributed by atoms with Crippen LogP contribution in [0.1, 0.15) is 30.5 Å². The summed E-state index contributed by atoms with van der Waals surface area (Å²) in [4.78, 5) is 4.41. The van der Waals surface area contributed by atoms with Gasteiger partial charge in [0.2, 0.25) is 0 Å². The molecule has 0 atom stereocenters. The van der Waals surface area contributed by atoms with Gasteiger partial charge in [-0.2, -0.15) is 0 Å². The average molecular weight is 295 g/mol. The molecule has 0 heterocycles. The number of aliphatic hydroxyl groups excluding tert-OH is 1. The Bertz CT molecular complexity index is 820. The van der Waals surface area contributed by atoms with E-state index >= 15 is 0 Å². The highest BCUT2D eigenvalue weighted by atomic mass is 16.3. The smallest absolute Gasteiger partial charge is 0.141 e. The van der Waals surface area contributed by atoms with E-state index in [1.54, 1.807) is 12.3 Å². The molecule has 0 amide bonds. The first-order valence-corrected chi connectivity index (χ1v) is 7.29. The number of benzene rings is 2. The molecule has 2 aromatic rings. The van der Waals surface area contributed by atoms with Crippen molar-refractivity contribution in [3.8, 4) is 5.75 Å². The second kappa shape index (κ2) is 7.05. The van der Waals surface area contributed by atoms with E-state index in [1.165, 1.54) is 0 Å². The fourth-order valence-electron chi connectivity index (χ4n) is 2.43. The Morgan fingerprint density at radius 3 is 2.50 bits per heavy atom. The molecule has 0 aliphatic rings. The Labute approximate surface area is 130 Å². The molecule has 114 valence electrons. The van der Waals surface area contributed by atoms with Crippen LogP contribution in [0.25, 0.3) is 12.2 Å². The molecule has 0 unspecified atom stereocenters. The molecule has 0 saturated carbocycles. The van der Waals surface area contributed by atoms with Crippen LogP contribution in [0.5, 0.6) is 5.75 Å². The number of hydrogen-bond acceptors (Lipinski definition) is 3. The van der Waals surface area contributed by atoms with Gasteiger partial charge in [-0.1, -0.05) is 30.4 Å². The summed E-state index contributed by atoms with van der Waals surface area (Å²) < 4.78 is 0. The van der Waals surface area contributed by atoms with E-state index in [4.69, 9.17) is 0 Å². The molecule has 2 rings (SSSR count). The Hall–Kier alpha value is -2.39. The van der Waals surface area contributed by atoms with E-state index in [-0.39, 0.29) is 12.4 Å². The third kappa shape index (κ3) is 3.26. The molecule has 0 saturated heterocycles. The summed E-state index contributed by atoms with van der Waals surface area (Å²) in [5.41, 5.74) is 3.25. The van der Waals surface area contributed by atoms with E-state index < -0.39 is 0 Å². The number of hydrogen-bond donors (Lipinski definition) is 2. The Morgan fingerprint density at radius 1 is 1.09 bits per heavy atom. The Balaban J connectivity index is 2.62. The fourth-order valence-corrected chi connectivity index (χ4v) is 2.43. The molecule has 0 spiro atoms. The number of aliphatic hydroxyl groups is 1. The molecule has 0 radical (unpaired) electrons. The van der Waals surface area contributed by atoms with Crippen molar-refractivity contribution in [3.63, 3.8) is 0 Å². The number of phenols is 1. The van der Waals surface area contributed by atoms with Crippen molar-refractivity contribution in [1.29, 1.82) is 0 Å². The van der Waals surface area contributed by atoms with E-state index in [1.807, 2.05) is 57.2 Å². The molecular formula is C19H21NO2. The number of phenolic OH excluding ortho intramolecular Hbond substituents is 1. The van der Waals surface area contributed by atoms with Crippen LogP contribution >= 0.6 is 0 Å². The minimum atomic E-state index is -0.0496. The lowest BCUT2D eigenvalue weighted by Gasteiger charge is -2.05. The van der Waals surface area contributed by atoms with Crippen LogP contribution in [0.3, 0.4) is 0 Å². The third-order valence-corrected chi connectivity index (χ3v) is 3.64. The number of rotatable bonds is 3. The lowest BCUT2D eigenvalue weighted by atomic mass is 10.0. The van der Waals surface area contributed by atoms with Crippen LogP contribution in [0.15, 0.2) is 35.3 Å². The minimum absolute atomic E-state index is 0.0496. The van der Waals surface area contributed by atoms with Gasteiger partial charge in [0.25, 0.3) is 0 Å². The molecule has 0 aromatic heterocycles. The van der Waals surface area contributed by atoms with E-state index in [2.05, 4.69) is 4.99 Å². The van der Waals surface area contributed by atoms with Crippen molar-refractivity contribution < 1.29 is 10.2 Å². The van der Waals surface area contributed by atoms with E-state index in [9.17, 15) is 10.2 Å². The predicted octanol–water partition coefficient (Wildman–Crippen LogP) is 2.54. The maximum Gasteiger partial charge on any atom is 0.141 e. The van der Waals surface area contributed by atoms with Gasteiger partial charge in [0.05, 0.1) is 6.61 Å². The van der Waals surface area contributed by atoms with Gasteiger partial charge in [-0.3, -0.25) is 4.99 Å². The van der Waals surface area contributed by atoms with Gasteiger partial charge < -0.3 is 10.2 Å². The molecule has 2 aromatic carbocycles. The second-order valence-electron chi connectivity index (χ2n) is 5.13. The Morgan fingerprint density at radius 2 is 1.86 bits per heavy atom. The summed E-state index contributed by atoms with van der Waals surface area (Å²) in [6.07, 6.45) is 5.74. The third-order valence-electron chi connectivity index (χ3n) is 3.64. The summed E-state index contributed by atoms with van der Waals surface area (Å²) in [6.45, 7) is 5.85. The van der Waals surface area contributed by atoms with E-state index in [0.29, 0.717) is 5.69 Å². The highest BCUT2D eigenvalue weighted by Gasteiger charge is 2.03. The lowest BCUT2D eigenvalue weighted by molar-refractivity contribution is 0.281. The van der Waals surface area contributed by atoms with Crippen molar-refractivity contribution in [2.75, 3.05) is 0 Å². The summed E-state index contributed by atoms with van der Waals surface area (Å²) in [6, 6.07) is 9.20. The van der Waals surface area contributed by atoms with Gasteiger partial charge >= 0.3 is 0 Å². The van der Waals surface area contributed by atoms with Gasteiger partial charge in [0, 0.05) is 11.8 Å². The number of aromatic hydroxyl groups is 1. The molecule has 0 aliphatic carbocycles. The summed E-state index contributed by atoms with van der Waals surface area (Å²) >= 11 is 0. The van der Waals surface area contributed by atoms with Crippen LogP contribution in [0, 0.1) is 6.92 Å². The van der Waals surface area contributed by atoms with Crippen LogP contribution in [-0.4, -0.2) is 16.4 Å². The molecule has 0 aliphatic heterocycles. The van der Waals surface area contributed by atoms with Gasteiger partial charge in [-0.15, -0.1) is 0 Å². The predicted molar refractivity (Wildman–Crippen MR) is 92.0 cm³/mol. The SMILES string of the molecule is C/C=c1/ccc(CO)c(C=Nc2cc(C)ccc2O)/c1=C/C. The largest absolute Gasteiger partial charge is 0.506 e. The molecule has 0 fully saturated rings. The van der Waals surface area contributed by atoms with Gasteiger partial charge in [0.1, 0.15) is 11.4 Å². The maximum absolute atomic E-state index is 9.89. The van der Waals surface area contributed by atoms with Crippen LogP contribution in [0.2, 0.25) is 0 Å². The highest BCUT2D eigenvalue weighted by molar-refractivity contribution is 5.85. The summed E-state index contributed by atoms with van der Waals surface area (Å²) in [5, 5.41) is 21.6. The molecule has 2 N–H and O–H groups in total. The van der Waals surface area contributed by atoms with Crippen LogP contribution in [0.4, 0.5) is 5.69 Å². The quantitative estimate of drug-likeness (QED) is 0.855. The summed E-state index contributed by atoms with van der Waals surface area (Å²) in [5.74, 6) is 0.146. The Kier molecular flexibility index (Phi) is 5.12. The van der Waals surface area contributed by atoms with Gasteiger partial charge in [-0.25, -0.2) is 0 Å². The molecule has 3 nitrogen and oxygen atoms in total. The van der Waals surface area contributed by atoms with Gasteiger partial charge in [-0.05, 0) is 54.5 Å². The van der Waals surface area contributed by atoms with Crippen molar-refractivity contribution >= 4 is 24.1 Å². The van der Waals surface area contributed by atoms with Crippen LogP contribution < -0.4 is 10.4 Å². The van der Waals surface area contributed by atoms with Crippen molar-refractivity contribution in [1.82, 2.24) is 0 Å². The second-order valence-corrected chi connectivity index (χ2v) is 5.13. The van der Waals surface area contributed by atoms with Crippen molar-refractivity contribution in [2.24, 2.45) is 4.99 Å². The highest BCUT2D eigenvalue weighted by Crippen LogP contribution is 2.26. The normalized spacial score (nSPS) is 13.3. The summed E-state index contributed by atoms with van der Waals surface area (Å²) in [7, 11) is 0. The zero-order valence-electron chi connectivity index (χ0n) is 13.2. The first-order valence-electron chi connectivity index (χ1n) is 7.29. The fraction of sp³-hybridized carbons (Fsp3) is 0.211. The molecular weight excluding hydrogens is 274 g/mol. The minimum Gasteiger partial charge on any atom is -0.506 e. The molecule has 0 bridgehead atoms. The zero-order valence-corrected chi connectivity index (χ0v) is 13.2. The topological polar surface area (TPSA) is 52.8 Å². The lowest BCUT2D eigenvalue weighted by Crippen LogP contribution is -2.29. The monoisotopic (exact) mass is 295 g/mol. The first kappa shape index (κ1) is 16.0. The average Bonchev–Trinajstić information content (AvgIpc) is 2.54. The number of nitrogens with zero attached hydrogens (tertiary/aromatic N) is 1. The molecule has 3 heteroatoms. The molecule has 22 heavy (non-hydrogen) atoms. The van der Waals surface area contributed by atoms with Crippen LogP contribution in [-0.2, 0) is 6.61 Å². The number of aliphatic imine (C=N–C) groups is 1. The maximum atomic E-state index is 9.89. The standard InChI is InChI=1S/C19H21NO2/c1-4-14-7-8-15(12-21)17(16(14)5-2)11-20-18-10-13(3)6-9-19(18)22/h4-11,21-22H,12H2,1-3H3/b14-4-,16-5+,20-11?. The van der Waals surface area contributed by atoms with E-state index in [0.717, 1.165) is 27.1 Å².